The number of nitrogens with zero attached hydrogens (tertiary/aromatic N) is 3. The quantitative estimate of drug-likeness (QED) is 0.490. The number of fused-ring (bicyclic) bond motifs is 1. The summed E-state index contributed by atoms with van der Waals surface area (Å²) in [5.74, 6) is -0.0883. The summed E-state index contributed by atoms with van der Waals surface area (Å²) >= 11 is 5.40. The zero-order valence-corrected chi connectivity index (χ0v) is 16.9. The molecule has 2 heterocycles. The van der Waals surface area contributed by atoms with Crippen molar-refractivity contribution in [2.45, 2.75) is 19.8 Å². The summed E-state index contributed by atoms with van der Waals surface area (Å²) in [5.41, 5.74) is 1.12. The third kappa shape index (κ3) is 4.25. The van der Waals surface area contributed by atoms with Crippen LogP contribution in [0.15, 0.2) is 48.0 Å². The third-order valence-electron chi connectivity index (χ3n) is 4.56. The number of carboxylic acid groups (broad SMARTS) is 1. The van der Waals surface area contributed by atoms with Gasteiger partial charge in [0, 0.05) is 25.7 Å². The molecule has 0 radical (unpaired) electrons. The van der Waals surface area contributed by atoms with Crippen LogP contribution in [0.3, 0.4) is 0 Å². The van der Waals surface area contributed by atoms with E-state index < -0.39 is 5.97 Å². The van der Waals surface area contributed by atoms with Crippen molar-refractivity contribution in [3.05, 3.63) is 48.0 Å². The molecule has 1 fully saturated rings. The molecule has 2 N–H and O–H groups in total. The molecule has 9 heteroatoms. The lowest BCUT2D eigenvalue weighted by Crippen LogP contribution is -2.34. The first-order valence-electron chi connectivity index (χ1n) is 9.40. The number of allylic oxidation sites excluding steroid dienone is 2. The monoisotopic (exact) mass is 417 g/mol. The molecule has 0 unspecified atom stereocenters. The fourth-order valence-electron chi connectivity index (χ4n) is 3.25. The zero-order valence-electron chi connectivity index (χ0n) is 16.1. The third-order valence-corrected chi connectivity index (χ3v) is 5.00. The van der Waals surface area contributed by atoms with E-state index in [0.29, 0.717) is 29.0 Å². The molecule has 0 saturated carbocycles. The minimum atomic E-state index is -0.910. The van der Waals surface area contributed by atoms with Gasteiger partial charge in [-0.1, -0.05) is 19.1 Å². The Kier molecular flexibility index (Phi) is 6.50. The lowest BCUT2D eigenvalue weighted by atomic mass is 10.2. The van der Waals surface area contributed by atoms with Gasteiger partial charge in [-0.2, -0.15) is 0 Å². The fourth-order valence-corrected chi connectivity index (χ4v) is 3.62. The first-order chi connectivity index (χ1) is 14.0. The highest BCUT2D eigenvalue weighted by molar-refractivity contribution is 7.80. The highest BCUT2D eigenvalue weighted by atomic mass is 32.1. The molecule has 0 spiro atoms. The number of thiocarbonyl (C=S) groups is 1. The van der Waals surface area contributed by atoms with Crippen LogP contribution in [0.2, 0.25) is 0 Å². The van der Waals surface area contributed by atoms with Crippen LogP contribution in [-0.4, -0.2) is 63.2 Å². The number of amides is 1. The molecular weight excluding hydrogens is 394 g/mol. The number of aliphatic hydroxyl groups excluding tert-OH is 1. The molecule has 29 heavy (non-hydrogen) atoms. The van der Waals surface area contributed by atoms with Crippen LogP contribution in [0.4, 0.5) is 5.69 Å². The second-order valence-electron chi connectivity index (χ2n) is 6.54. The van der Waals surface area contributed by atoms with Gasteiger partial charge in [0.1, 0.15) is 5.70 Å². The molecular formula is C20H23N3O5S. The predicted octanol–water partition coefficient (Wildman–Crippen LogP) is 1.92. The molecule has 0 aromatic heterocycles. The predicted molar refractivity (Wildman–Crippen MR) is 111 cm³/mol. The maximum Gasteiger partial charge on any atom is 0.305 e. The Labute approximate surface area is 174 Å². The van der Waals surface area contributed by atoms with Crippen LogP contribution in [-0.2, 0) is 9.59 Å². The summed E-state index contributed by atoms with van der Waals surface area (Å²) in [7, 11) is 0. The molecule has 1 saturated heterocycles. The first kappa shape index (κ1) is 20.8. The number of aliphatic carboxylic acids is 1. The molecule has 154 valence electrons. The van der Waals surface area contributed by atoms with Crippen molar-refractivity contribution in [2.24, 2.45) is 0 Å². The van der Waals surface area contributed by atoms with Crippen LogP contribution >= 0.6 is 12.2 Å². The maximum absolute atomic E-state index is 12.8. The summed E-state index contributed by atoms with van der Waals surface area (Å²) in [6.07, 6.45) is 3.94. The van der Waals surface area contributed by atoms with E-state index in [1.54, 1.807) is 28.0 Å². The van der Waals surface area contributed by atoms with Crippen molar-refractivity contribution in [1.29, 1.82) is 0 Å². The van der Waals surface area contributed by atoms with Gasteiger partial charge in [-0.3, -0.25) is 14.5 Å². The fraction of sp³-hybridized carbons (Fsp3) is 0.350. The SMILES string of the molecule is CCCN1C(=O)C(=C/C=C2/Oc3ccccc3N2CCC(=O)O)N(CCO)C1=S. The molecule has 1 aromatic rings. The number of rotatable bonds is 8. The van der Waals surface area contributed by atoms with Gasteiger partial charge in [0.25, 0.3) is 5.91 Å². The molecule has 0 atom stereocenters. The number of carbonyl (C=O) groups is 2. The van der Waals surface area contributed by atoms with Crippen molar-refractivity contribution >= 4 is 34.9 Å². The van der Waals surface area contributed by atoms with Gasteiger partial charge < -0.3 is 24.7 Å². The average Bonchev–Trinajstić information content (AvgIpc) is 3.16. The van der Waals surface area contributed by atoms with Crippen molar-refractivity contribution < 1.29 is 24.5 Å². The summed E-state index contributed by atoms with van der Waals surface area (Å²) in [4.78, 5) is 28.7. The van der Waals surface area contributed by atoms with E-state index in [0.717, 1.165) is 12.1 Å². The number of carboxylic acids is 1. The van der Waals surface area contributed by atoms with E-state index in [2.05, 4.69) is 0 Å². The Morgan fingerprint density at radius 3 is 2.59 bits per heavy atom. The zero-order chi connectivity index (χ0) is 21.0. The smallest absolute Gasteiger partial charge is 0.305 e. The molecule has 3 rings (SSSR count). The number of aliphatic hydroxyl groups is 1. The minimum absolute atomic E-state index is 0.0600. The molecule has 0 bridgehead atoms. The minimum Gasteiger partial charge on any atom is -0.481 e. The van der Waals surface area contributed by atoms with Gasteiger partial charge in [0.05, 0.1) is 18.7 Å². The number of ether oxygens (including phenoxy) is 1. The summed E-state index contributed by atoms with van der Waals surface area (Å²) in [5, 5.41) is 18.8. The highest BCUT2D eigenvalue weighted by Crippen LogP contribution is 2.38. The van der Waals surface area contributed by atoms with Crippen LogP contribution in [0.25, 0.3) is 0 Å². The average molecular weight is 417 g/mol. The lowest BCUT2D eigenvalue weighted by molar-refractivity contribution is -0.136. The van der Waals surface area contributed by atoms with E-state index in [4.69, 9.17) is 22.1 Å². The normalized spacial score (nSPS) is 18.8. The van der Waals surface area contributed by atoms with Gasteiger partial charge in [-0.25, -0.2) is 0 Å². The molecule has 2 aliphatic rings. The molecule has 8 nitrogen and oxygen atoms in total. The van der Waals surface area contributed by atoms with Gasteiger partial charge in [0.2, 0.25) is 5.88 Å². The van der Waals surface area contributed by atoms with Crippen molar-refractivity contribution in [2.75, 3.05) is 31.1 Å². The van der Waals surface area contributed by atoms with Crippen LogP contribution in [0.1, 0.15) is 19.8 Å². The van der Waals surface area contributed by atoms with E-state index in [1.807, 2.05) is 25.1 Å². The highest BCUT2D eigenvalue weighted by Gasteiger charge is 2.37. The number of anilines is 1. The second-order valence-corrected chi connectivity index (χ2v) is 6.90. The van der Waals surface area contributed by atoms with E-state index >= 15 is 0 Å². The largest absolute Gasteiger partial charge is 0.481 e. The Hall–Kier alpha value is -2.91. The first-order valence-corrected chi connectivity index (χ1v) is 9.81. The van der Waals surface area contributed by atoms with Crippen molar-refractivity contribution in [3.8, 4) is 5.75 Å². The van der Waals surface area contributed by atoms with E-state index in [1.165, 1.54) is 4.90 Å². The van der Waals surface area contributed by atoms with Crippen molar-refractivity contribution in [1.82, 2.24) is 9.80 Å². The van der Waals surface area contributed by atoms with Gasteiger partial charge in [-0.15, -0.1) is 0 Å². The number of carbonyl (C=O) groups excluding carboxylic acids is 1. The Balaban J connectivity index is 1.92. The molecule has 0 aliphatic carbocycles. The molecule has 1 aromatic carbocycles. The Bertz CT molecular complexity index is 883. The van der Waals surface area contributed by atoms with Gasteiger partial charge >= 0.3 is 5.97 Å². The Morgan fingerprint density at radius 1 is 1.14 bits per heavy atom. The number of para-hydroxylation sites is 2. The number of β-amino-alcohol motifs (C(OH)–C–C–N with tert-alkyl or cyclic N) is 1. The number of benzene rings is 1. The summed E-state index contributed by atoms with van der Waals surface area (Å²) < 4.78 is 5.87. The standard InChI is InChI=1S/C20H23N3O5S/c1-2-10-23-19(27)15(22(12-13-24)20(23)29)7-8-17-21(11-9-18(25)26)14-5-3-4-6-16(14)28-17/h3-8,24H,2,9-13H2,1H3,(H,25,26)/b15-7?,17-8+. The van der Waals surface area contributed by atoms with Crippen LogP contribution in [0, 0.1) is 0 Å². The second kappa shape index (κ2) is 9.06. The Morgan fingerprint density at radius 2 is 1.90 bits per heavy atom. The molecule has 1 amide bonds. The van der Waals surface area contributed by atoms with Crippen LogP contribution < -0.4 is 9.64 Å². The van der Waals surface area contributed by atoms with Crippen LogP contribution in [0.5, 0.6) is 5.75 Å². The van der Waals surface area contributed by atoms with E-state index in [-0.39, 0.29) is 32.0 Å². The van der Waals surface area contributed by atoms with Gasteiger partial charge in [0.15, 0.2) is 10.9 Å². The lowest BCUT2D eigenvalue weighted by Gasteiger charge is -2.19. The molecule has 2 aliphatic heterocycles. The number of hydrogen-bond acceptors (Lipinski definition) is 6. The maximum atomic E-state index is 12.8. The topological polar surface area (TPSA) is 93.5 Å². The van der Waals surface area contributed by atoms with Crippen molar-refractivity contribution in [3.63, 3.8) is 0 Å². The number of hydrogen-bond donors (Lipinski definition) is 2. The summed E-state index contributed by atoms with van der Waals surface area (Å²) in [6, 6.07) is 7.33. The van der Waals surface area contributed by atoms with E-state index in [9.17, 15) is 14.7 Å². The summed E-state index contributed by atoms with van der Waals surface area (Å²) in [6.45, 7) is 2.76. The van der Waals surface area contributed by atoms with Gasteiger partial charge in [-0.05, 0) is 36.8 Å².